The summed E-state index contributed by atoms with van der Waals surface area (Å²) in [6.45, 7) is 8.14. The zero-order chi connectivity index (χ0) is 14.4. The van der Waals surface area contributed by atoms with Crippen LogP contribution in [0.5, 0.6) is 0 Å². The zero-order valence-corrected chi connectivity index (χ0v) is 12.5. The summed E-state index contributed by atoms with van der Waals surface area (Å²) < 4.78 is 2.18. The van der Waals surface area contributed by atoms with E-state index in [4.69, 9.17) is 0 Å². The van der Waals surface area contributed by atoms with Crippen LogP contribution >= 0.6 is 0 Å². The zero-order valence-electron chi connectivity index (χ0n) is 12.5. The first kappa shape index (κ1) is 14.7. The van der Waals surface area contributed by atoms with E-state index in [0.717, 1.165) is 43.3 Å². The predicted octanol–water partition coefficient (Wildman–Crippen LogP) is 2.28. The summed E-state index contributed by atoms with van der Waals surface area (Å²) in [5.74, 6) is 1.90. The van der Waals surface area contributed by atoms with Crippen molar-refractivity contribution in [2.75, 3.05) is 6.54 Å². The lowest BCUT2D eigenvalue weighted by atomic mass is 10.1. The summed E-state index contributed by atoms with van der Waals surface area (Å²) >= 11 is 0. The molecule has 0 spiro atoms. The average molecular weight is 273 g/mol. The van der Waals surface area contributed by atoms with Gasteiger partial charge in [0.1, 0.15) is 11.6 Å². The topological polar surface area (TPSA) is 55.6 Å². The van der Waals surface area contributed by atoms with Crippen LogP contribution in [0.4, 0.5) is 0 Å². The van der Waals surface area contributed by atoms with Gasteiger partial charge < -0.3 is 9.88 Å². The van der Waals surface area contributed by atoms with Gasteiger partial charge >= 0.3 is 0 Å². The van der Waals surface area contributed by atoms with E-state index < -0.39 is 0 Å². The van der Waals surface area contributed by atoms with Crippen molar-refractivity contribution in [3.63, 3.8) is 0 Å². The highest BCUT2D eigenvalue weighted by Gasteiger charge is 2.16. The van der Waals surface area contributed by atoms with Gasteiger partial charge in [0.15, 0.2) is 0 Å². The van der Waals surface area contributed by atoms with Crippen LogP contribution in [0.3, 0.4) is 0 Å². The Morgan fingerprint density at radius 1 is 1.25 bits per heavy atom. The molecule has 0 fully saturated rings. The molecular formula is C15H23N5. The highest BCUT2D eigenvalue weighted by molar-refractivity contribution is 5.10. The van der Waals surface area contributed by atoms with Gasteiger partial charge in [0.05, 0.1) is 11.7 Å². The van der Waals surface area contributed by atoms with Crippen molar-refractivity contribution in [3.05, 3.63) is 42.0 Å². The van der Waals surface area contributed by atoms with E-state index in [-0.39, 0.29) is 6.04 Å². The van der Waals surface area contributed by atoms with Crippen molar-refractivity contribution in [3.8, 4) is 0 Å². The summed E-state index contributed by atoms with van der Waals surface area (Å²) in [5, 5.41) is 3.56. The monoisotopic (exact) mass is 273 g/mol. The van der Waals surface area contributed by atoms with Crippen molar-refractivity contribution in [1.29, 1.82) is 0 Å². The lowest BCUT2D eigenvalue weighted by Gasteiger charge is -2.18. The third-order valence-electron chi connectivity index (χ3n) is 3.32. The molecule has 2 aromatic heterocycles. The van der Waals surface area contributed by atoms with Gasteiger partial charge in [0, 0.05) is 31.6 Å². The van der Waals surface area contributed by atoms with E-state index in [0.29, 0.717) is 0 Å². The standard InChI is InChI=1S/C15H23N5/c1-4-7-17-14(13-6-8-16-12(3)19-13)11-15-18-9-10-20(15)5-2/h6,8-10,14,17H,4-5,7,11H2,1-3H3. The molecule has 1 unspecified atom stereocenters. The number of hydrogen-bond acceptors (Lipinski definition) is 4. The quantitative estimate of drug-likeness (QED) is 0.841. The van der Waals surface area contributed by atoms with Gasteiger partial charge in [0.2, 0.25) is 0 Å². The molecule has 0 amide bonds. The highest BCUT2D eigenvalue weighted by Crippen LogP contribution is 2.16. The summed E-state index contributed by atoms with van der Waals surface area (Å²) in [6.07, 6.45) is 7.66. The van der Waals surface area contributed by atoms with Crippen molar-refractivity contribution < 1.29 is 0 Å². The van der Waals surface area contributed by atoms with Gasteiger partial charge in [-0.2, -0.15) is 0 Å². The van der Waals surface area contributed by atoms with Crippen molar-refractivity contribution in [1.82, 2.24) is 24.8 Å². The fourth-order valence-electron chi connectivity index (χ4n) is 2.27. The molecule has 2 aromatic rings. The van der Waals surface area contributed by atoms with Crippen LogP contribution in [0.15, 0.2) is 24.7 Å². The summed E-state index contributed by atoms with van der Waals surface area (Å²) in [4.78, 5) is 13.2. The van der Waals surface area contributed by atoms with Crippen LogP contribution < -0.4 is 5.32 Å². The molecule has 1 N–H and O–H groups in total. The summed E-state index contributed by atoms with van der Waals surface area (Å²) in [5.41, 5.74) is 1.04. The average Bonchev–Trinajstić information content (AvgIpc) is 2.90. The summed E-state index contributed by atoms with van der Waals surface area (Å²) in [6, 6.07) is 2.17. The number of hydrogen-bond donors (Lipinski definition) is 1. The molecule has 0 aliphatic heterocycles. The smallest absolute Gasteiger partial charge is 0.125 e. The highest BCUT2D eigenvalue weighted by atomic mass is 15.1. The molecule has 20 heavy (non-hydrogen) atoms. The maximum atomic E-state index is 4.55. The molecule has 0 saturated carbocycles. The maximum absolute atomic E-state index is 4.55. The SMILES string of the molecule is CCCNC(Cc1nccn1CC)c1ccnc(C)n1. The lowest BCUT2D eigenvalue weighted by molar-refractivity contribution is 0.494. The number of aromatic nitrogens is 4. The fraction of sp³-hybridized carbons (Fsp3) is 0.533. The second kappa shape index (κ2) is 7.14. The first-order valence-corrected chi connectivity index (χ1v) is 7.27. The molecule has 2 heterocycles. The van der Waals surface area contributed by atoms with Gasteiger partial charge in [-0.3, -0.25) is 0 Å². The minimum atomic E-state index is 0.185. The fourth-order valence-corrected chi connectivity index (χ4v) is 2.27. The number of imidazole rings is 1. The van der Waals surface area contributed by atoms with Crippen molar-refractivity contribution in [2.24, 2.45) is 0 Å². The molecule has 5 heteroatoms. The van der Waals surface area contributed by atoms with E-state index in [2.05, 4.69) is 38.7 Å². The second-order valence-electron chi connectivity index (χ2n) is 4.87. The second-order valence-corrected chi connectivity index (χ2v) is 4.87. The molecule has 0 aliphatic carbocycles. The van der Waals surface area contributed by atoms with E-state index in [1.165, 1.54) is 0 Å². The molecule has 5 nitrogen and oxygen atoms in total. The van der Waals surface area contributed by atoms with Crippen LogP contribution in [0.1, 0.15) is 43.7 Å². The Morgan fingerprint density at radius 2 is 2.10 bits per heavy atom. The Labute approximate surface area is 120 Å². The molecule has 1 atom stereocenters. The Bertz CT molecular complexity index is 535. The van der Waals surface area contributed by atoms with Gasteiger partial charge in [-0.15, -0.1) is 0 Å². The minimum absolute atomic E-state index is 0.185. The molecule has 2 rings (SSSR count). The van der Waals surface area contributed by atoms with Gasteiger partial charge in [-0.1, -0.05) is 6.92 Å². The predicted molar refractivity (Wildman–Crippen MR) is 79.4 cm³/mol. The maximum Gasteiger partial charge on any atom is 0.125 e. The van der Waals surface area contributed by atoms with E-state index in [9.17, 15) is 0 Å². The first-order chi connectivity index (χ1) is 9.74. The molecule has 0 bridgehead atoms. The normalized spacial score (nSPS) is 12.6. The molecule has 0 saturated heterocycles. The molecule has 0 radical (unpaired) electrons. The van der Waals surface area contributed by atoms with E-state index in [1.807, 2.05) is 31.6 Å². The number of aryl methyl sites for hydroxylation is 2. The van der Waals surface area contributed by atoms with Crippen molar-refractivity contribution in [2.45, 2.75) is 46.2 Å². The number of rotatable bonds is 7. The Hall–Kier alpha value is -1.75. The third-order valence-corrected chi connectivity index (χ3v) is 3.32. The first-order valence-electron chi connectivity index (χ1n) is 7.27. The number of nitrogens with one attached hydrogen (secondary N) is 1. The van der Waals surface area contributed by atoms with Crippen LogP contribution in [0, 0.1) is 6.92 Å². The van der Waals surface area contributed by atoms with Crippen molar-refractivity contribution >= 4 is 0 Å². The van der Waals surface area contributed by atoms with Gasteiger partial charge in [-0.25, -0.2) is 15.0 Å². The molecule has 108 valence electrons. The van der Waals surface area contributed by atoms with Crippen LogP contribution in [-0.4, -0.2) is 26.1 Å². The van der Waals surface area contributed by atoms with Gasteiger partial charge in [-0.05, 0) is 32.9 Å². The van der Waals surface area contributed by atoms with Crippen LogP contribution in [0.2, 0.25) is 0 Å². The van der Waals surface area contributed by atoms with Gasteiger partial charge in [0.25, 0.3) is 0 Å². The van der Waals surface area contributed by atoms with Crippen LogP contribution in [0.25, 0.3) is 0 Å². The molecule has 0 aliphatic rings. The lowest BCUT2D eigenvalue weighted by Crippen LogP contribution is -2.26. The summed E-state index contributed by atoms with van der Waals surface area (Å²) in [7, 11) is 0. The van der Waals surface area contributed by atoms with Crippen LogP contribution in [-0.2, 0) is 13.0 Å². The Morgan fingerprint density at radius 3 is 2.80 bits per heavy atom. The Kier molecular flexibility index (Phi) is 5.24. The van der Waals surface area contributed by atoms with E-state index >= 15 is 0 Å². The minimum Gasteiger partial charge on any atom is -0.335 e. The van der Waals surface area contributed by atoms with E-state index in [1.54, 1.807) is 0 Å². The number of nitrogens with zero attached hydrogens (tertiary/aromatic N) is 4. The molecular weight excluding hydrogens is 250 g/mol. The Balaban J connectivity index is 2.19. The largest absolute Gasteiger partial charge is 0.335 e. The third kappa shape index (κ3) is 3.63. The molecule has 0 aromatic carbocycles.